The number of nitrogens with one attached hydrogen (secondary N) is 1. The summed E-state index contributed by atoms with van der Waals surface area (Å²) in [5.74, 6) is 0.0160. The maximum Gasteiger partial charge on any atom is 0.195 e. The Balaban J connectivity index is 2.35. The van der Waals surface area contributed by atoms with Crippen LogP contribution in [-0.4, -0.2) is 17.0 Å². The van der Waals surface area contributed by atoms with Crippen LogP contribution in [0.3, 0.4) is 0 Å². The van der Waals surface area contributed by atoms with Gasteiger partial charge in [0, 0.05) is 16.8 Å². The minimum Gasteiger partial charge on any atom is -0.356 e. The van der Waals surface area contributed by atoms with Gasteiger partial charge in [0.15, 0.2) is 5.78 Å². The molecule has 4 heteroatoms. The Morgan fingerprint density at radius 2 is 1.94 bits per heavy atom. The summed E-state index contributed by atoms with van der Waals surface area (Å²) in [5, 5.41) is 1.52. The van der Waals surface area contributed by atoms with Gasteiger partial charge in [-0.3, -0.25) is 4.79 Å². The molecule has 0 bridgehead atoms. The number of ketones is 1. The van der Waals surface area contributed by atoms with E-state index in [4.69, 9.17) is 11.6 Å². The molecule has 2 aromatic rings. The highest BCUT2D eigenvalue weighted by molar-refractivity contribution is 7.98. The third-order valence-electron chi connectivity index (χ3n) is 2.26. The minimum absolute atomic E-state index is 0.0160. The SMILES string of the molecule is CSc1[nH]ccc1C(=O)c1ccc(Cl)cc1. The Bertz CT molecular complexity index is 504. The lowest BCUT2D eigenvalue weighted by atomic mass is 10.1. The first kappa shape index (κ1) is 11.3. The standard InChI is InChI=1S/C12H10ClNOS/c1-16-12-10(6-7-14-12)11(15)8-2-4-9(13)5-3-8/h2-7,14H,1H3. The normalized spacial score (nSPS) is 10.4. The molecular formula is C12H10ClNOS. The third kappa shape index (κ3) is 2.15. The minimum atomic E-state index is 0.0160. The second kappa shape index (κ2) is 4.76. The molecule has 0 spiro atoms. The molecule has 0 aliphatic heterocycles. The average Bonchev–Trinajstić information content (AvgIpc) is 2.77. The zero-order chi connectivity index (χ0) is 11.5. The second-order valence-electron chi connectivity index (χ2n) is 3.26. The first-order chi connectivity index (χ1) is 7.72. The van der Waals surface area contributed by atoms with Crippen molar-refractivity contribution in [3.05, 3.63) is 52.7 Å². The summed E-state index contributed by atoms with van der Waals surface area (Å²) >= 11 is 7.30. The highest BCUT2D eigenvalue weighted by Gasteiger charge is 2.13. The zero-order valence-corrected chi connectivity index (χ0v) is 10.2. The first-order valence-electron chi connectivity index (χ1n) is 4.74. The van der Waals surface area contributed by atoms with Gasteiger partial charge in [0.1, 0.15) is 0 Å². The number of rotatable bonds is 3. The van der Waals surface area contributed by atoms with Gasteiger partial charge in [-0.2, -0.15) is 0 Å². The molecule has 1 heterocycles. The van der Waals surface area contributed by atoms with Crippen LogP contribution in [0.15, 0.2) is 41.6 Å². The van der Waals surface area contributed by atoms with Crippen molar-refractivity contribution < 1.29 is 4.79 Å². The molecule has 1 N–H and O–H groups in total. The van der Waals surface area contributed by atoms with Gasteiger partial charge >= 0.3 is 0 Å². The monoisotopic (exact) mass is 251 g/mol. The van der Waals surface area contributed by atoms with E-state index in [0.29, 0.717) is 16.1 Å². The number of hydrogen-bond acceptors (Lipinski definition) is 2. The first-order valence-corrected chi connectivity index (χ1v) is 6.34. The van der Waals surface area contributed by atoms with E-state index in [9.17, 15) is 4.79 Å². The van der Waals surface area contributed by atoms with Crippen molar-refractivity contribution in [1.29, 1.82) is 0 Å². The zero-order valence-electron chi connectivity index (χ0n) is 8.66. The van der Waals surface area contributed by atoms with Crippen LogP contribution < -0.4 is 0 Å². The van der Waals surface area contributed by atoms with Gasteiger partial charge in [-0.1, -0.05) is 11.6 Å². The number of halogens is 1. The van der Waals surface area contributed by atoms with Crippen LogP contribution in [0.5, 0.6) is 0 Å². The highest BCUT2D eigenvalue weighted by atomic mass is 35.5. The van der Waals surface area contributed by atoms with E-state index >= 15 is 0 Å². The molecule has 2 rings (SSSR count). The number of thioether (sulfide) groups is 1. The van der Waals surface area contributed by atoms with Gasteiger partial charge < -0.3 is 4.98 Å². The quantitative estimate of drug-likeness (QED) is 0.668. The summed E-state index contributed by atoms with van der Waals surface area (Å²) in [7, 11) is 0. The van der Waals surface area contributed by atoms with Crippen LogP contribution in [0.2, 0.25) is 5.02 Å². The topological polar surface area (TPSA) is 32.9 Å². The fraction of sp³-hybridized carbons (Fsp3) is 0.0833. The average molecular weight is 252 g/mol. The summed E-state index contributed by atoms with van der Waals surface area (Å²) in [4.78, 5) is 15.2. The molecule has 16 heavy (non-hydrogen) atoms. The van der Waals surface area contributed by atoms with E-state index in [0.717, 1.165) is 5.03 Å². The third-order valence-corrected chi connectivity index (χ3v) is 3.26. The highest BCUT2D eigenvalue weighted by Crippen LogP contribution is 2.21. The molecule has 0 saturated heterocycles. The second-order valence-corrected chi connectivity index (χ2v) is 4.51. The summed E-state index contributed by atoms with van der Waals surface area (Å²) in [6.07, 6.45) is 3.71. The molecule has 0 aliphatic carbocycles. The van der Waals surface area contributed by atoms with Crippen molar-refractivity contribution in [1.82, 2.24) is 4.98 Å². The fourth-order valence-electron chi connectivity index (χ4n) is 1.46. The maximum absolute atomic E-state index is 12.1. The van der Waals surface area contributed by atoms with Crippen molar-refractivity contribution in [2.75, 3.05) is 6.26 Å². The molecule has 1 aromatic carbocycles. The Labute approximate surface area is 103 Å². The molecule has 2 nitrogen and oxygen atoms in total. The molecule has 0 amide bonds. The van der Waals surface area contributed by atoms with Crippen LogP contribution in [0, 0.1) is 0 Å². The van der Waals surface area contributed by atoms with E-state index in [1.54, 1.807) is 36.5 Å². The smallest absolute Gasteiger partial charge is 0.195 e. The number of aromatic amines is 1. The number of carbonyl (C=O) groups is 1. The lowest BCUT2D eigenvalue weighted by Crippen LogP contribution is -2.00. The molecular weight excluding hydrogens is 242 g/mol. The number of H-pyrrole nitrogens is 1. The number of aromatic nitrogens is 1. The van der Waals surface area contributed by atoms with Crippen LogP contribution in [-0.2, 0) is 0 Å². The Hall–Kier alpha value is -1.19. The lowest BCUT2D eigenvalue weighted by molar-refractivity contribution is 0.103. The van der Waals surface area contributed by atoms with Crippen molar-refractivity contribution in [3.63, 3.8) is 0 Å². The molecule has 0 saturated carbocycles. The van der Waals surface area contributed by atoms with E-state index in [1.165, 1.54) is 11.8 Å². The van der Waals surface area contributed by atoms with Gasteiger partial charge in [-0.25, -0.2) is 0 Å². The summed E-state index contributed by atoms with van der Waals surface area (Å²) in [5.41, 5.74) is 1.36. The van der Waals surface area contributed by atoms with Crippen molar-refractivity contribution in [2.45, 2.75) is 5.03 Å². The van der Waals surface area contributed by atoms with E-state index in [1.807, 2.05) is 6.26 Å². The number of carbonyl (C=O) groups excluding carboxylic acids is 1. The predicted octanol–water partition coefficient (Wildman–Crippen LogP) is 3.62. The van der Waals surface area contributed by atoms with Crippen LogP contribution in [0.1, 0.15) is 15.9 Å². The van der Waals surface area contributed by atoms with Crippen molar-refractivity contribution in [3.8, 4) is 0 Å². The van der Waals surface area contributed by atoms with Gasteiger partial charge in [0.05, 0.1) is 10.6 Å². The maximum atomic E-state index is 12.1. The Kier molecular flexibility index (Phi) is 3.36. The predicted molar refractivity (Wildman–Crippen MR) is 67.5 cm³/mol. The van der Waals surface area contributed by atoms with Crippen LogP contribution >= 0.6 is 23.4 Å². The number of benzene rings is 1. The van der Waals surface area contributed by atoms with Crippen molar-refractivity contribution >= 4 is 29.1 Å². The molecule has 82 valence electrons. The Morgan fingerprint density at radius 3 is 2.56 bits per heavy atom. The Morgan fingerprint density at radius 1 is 1.25 bits per heavy atom. The van der Waals surface area contributed by atoms with Gasteiger partial charge in [-0.05, 0) is 36.6 Å². The van der Waals surface area contributed by atoms with E-state index in [-0.39, 0.29) is 5.78 Å². The number of hydrogen-bond donors (Lipinski definition) is 1. The summed E-state index contributed by atoms with van der Waals surface area (Å²) in [6, 6.07) is 8.72. The molecule has 0 fully saturated rings. The molecule has 0 radical (unpaired) electrons. The van der Waals surface area contributed by atoms with Gasteiger partial charge in [0.25, 0.3) is 0 Å². The van der Waals surface area contributed by atoms with Gasteiger partial charge in [-0.15, -0.1) is 11.8 Å². The summed E-state index contributed by atoms with van der Waals surface area (Å²) < 4.78 is 0. The van der Waals surface area contributed by atoms with Gasteiger partial charge in [0.2, 0.25) is 0 Å². The van der Waals surface area contributed by atoms with Crippen LogP contribution in [0.25, 0.3) is 0 Å². The fourth-order valence-corrected chi connectivity index (χ4v) is 2.15. The molecule has 0 unspecified atom stereocenters. The largest absolute Gasteiger partial charge is 0.356 e. The van der Waals surface area contributed by atoms with E-state index in [2.05, 4.69) is 4.98 Å². The molecule has 0 atom stereocenters. The van der Waals surface area contributed by atoms with E-state index < -0.39 is 0 Å². The van der Waals surface area contributed by atoms with Crippen molar-refractivity contribution in [2.24, 2.45) is 0 Å². The van der Waals surface area contributed by atoms with Crippen LogP contribution in [0.4, 0.5) is 0 Å². The molecule has 0 aliphatic rings. The molecule has 1 aromatic heterocycles. The summed E-state index contributed by atoms with van der Waals surface area (Å²) in [6.45, 7) is 0. The lowest BCUT2D eigenvalue weighted by Gasteiger charge is -2.01.